The summed E-state index contributed by atoms with van der Waals surface area (Å²) < 4.78 is 39.6. The monoisotopic (exact) mass is 338 g/mol. The van der Waals surface area contributed by atoms with Gasteiger partial charge in [-0.15, -0.1) is 6.58 Å². The highest BCUT2D eigenvalue weighted by Gasteiger charge is 2.33. The molecule has 3 heteroatoms. The molecule has 0 radical (unpaired) electrons. The summed E-state index contributed by atoms with van der Waals surface area (Å²) in [6.45, 7) is 13.9. The van der Waals surface area contributed by atoms with Crippen molar-refractivity contribution in [2.24, 2.45) is 5.92 Å². The molecule has 1 aromatic carbocycles. The van der Waals surface area contributed by atoms with Gasteiger partial charge in [-0.25, -0.2) is 0 Å². The van der Waals surface area contributed by atoms with Crippen molar-refractivity contribution in [2.45, 2.75) is 65.5 Å². The Hall–Kier alpha value is -1.51. The maximum absolute atomic E-state index is 13.2. The Morgan fingerprint density at radius 3 is 2.38 bits per heavy atom. The summed E-state index contributed by atoms with van der Waals surface area (Å²) >= 11 is 0. The highest BCUT2D eigenvalue weighted by Crippen LogP contribution is 2.34. The van der Waals surface area contributed by atoms with E-state index in [0.717, 1.165) is 43.3 Å². The molecular weight excluding hydrogens is 309 g/mol. The molecule has 0 nitrogen and oxygen atoms in total. The number of halogens is 3. The third kappa shape index (κ3) is 6.94. The topological polar surface area (TPSA) is 0 Å². The number of rotatable bonds is 9. The summed E-state index contributed by atoms with van der Waals surface area (Å²) in [5.74, 6) is 0.546. The molecule has 0 amide bonds. The third-order valence-electron chi connectivity index (χ3n) is 4.25. The fraction of sp³-hybridized carbons (Fsp3) is 0.524. The minimum atomic E-state index is -4.31. The van der Waals surface area contributed by atoms with Gasteiger partial charge in [0.25, 0.3) is 0 Å². The van der Waals surface area contributed by atoms with Crippen LogP contribution in [0.2, 0.25) is 0 Å². The Balaban J connectivity index is 2.73. The van der Waals surface area contributed by atoms with Gasteiger partial charge >= 0.3 is 6.18 Å². The van der Waals surface area contributed by atoms with Crippen molar-refractivity contribution < 1.29 is 13.2 Å². The van der Waals surface area contributed by atoms with Crippen LogP contribution in [0.5, 0.6) is 0 Å². The molecule has 0 N–H and O–H groups in total. The molecule has 1 aromatic rings. The van der Waals surface area contributed by atoms with E-state index in [0.29, 0.717) is 23.5 Å². The van der Waals surface area contributed by atoms with Crippen LogP contribution in [0, 0.1) is 12.8 Å². The fourth-order valence-corrected chi connectivity index (χ4v) is 3.12. The minimum Gasteiger partial charge on any atom is -0.166 e. The lowest BCUT2D eigenvalue weighted by Gasteiger charge is -2.18. The third-order valence-corrected chi connectivity index (χ3v) is 4.25. The lowest BCUT2D eigenvalue weighted by atomic mass is 9.88. The molecule has 1 atom stereocenters. The van der Waals surface area contributed by atoms with E-state index < -0.39 is 11.7 Å². The average molecular weight is 338 g/mol. The number of allylic oxidation sites excluding steroid dienone is 2. The van der Waals surface area contributed by atoms with Gasteiger partial charge in [-0.05, 0) is 57.1 Å². The molecule has 0 bridgehead atoms. The van der Waals surface area contributed by atoms with Crippen LogP contribution in [-0.4, -0.2) is 0 Å². The van der Waals surface area contributed by atoms with Crippen molar-refractivity contribution in [1.82, 2.24) is 0 Å². The molecule has 0 spiro atoms. The first-order valence-corrected chi connectivity index (χ1v) is 8.61. The standard InChI is InChI=1S/C21H29F3/c1-6-7-18(12-15(2)3)10-8-16(4)13-19-11-9-17(5)14-20(19)21(22,23)24/h9,11,14,18H,2,4,6-8,10,12-13H2,1,3,5H3. The summed E-state index contributed by atoms with van der Waals surface area (Å²) in [6.07, 6.45) is 0.932. The summed E-state index contributed by atoms with van der Waals surface area (Å²) in [5.41, 5.74) is 2.45. The van der Waals surface area contributed by atoms with Gasteiger partial charge < -0.3 is 0 Å². The normalized spacial score (nSPS) is 12.9. The van der Waals surface area contributed by atoms with E-state index in [1.54, 1.807) is 19.1 Å². The first-order chi connectivity index (χ1) is 11.1. The van der Waals surface area contributed by atoms with Crippen LogP contribution >= 0.6 is 0 Å². The quantitative estimate of drug-likeness (QED) is 0.415. The molecule has 0 saturated heterocycles. The highest BCUT2D eigenvalue weighted by molar-refractivity contribution is 5.36. The van der Waals surface area contributed by atoms with Crippen molar-refractivity contribution in [3.63, 3.8) is 0 Å². The molecular formula is C21H29F3. The van der Waals surface area contributed by atoms with Crippen LogP contribution in [0.25, 0.3) is 0 Å². The van der Waals surface area contributed by atoms with Gasteiger partial charge in [0.2, 0.25) is 0 Å². The highest BCUT2D eigenvalue weighted by atomic mass is 19.4. The molecule has 0 fully saturated rings. The van der Waals surface area contributed by atoms with Gasteiger partial charge in [-0.1, -0.05) is 55.2 Å². The number of hydrogen-bond donors (Lipinski definition) is 0. The van der Waals surface area contributed by atoms with E-state index in [9.17, 15) is 13.2 Å². The van der Waals surface area contributed by atoms with Gasteiger partial charge in [0.1, 0.15) is 0 Å². The molecule has 0 aliphatic carbocycles. The van der Waals surface area contributed by atoms with Gasteiger partial charge in [-0.2, -0.15) is 13.2 Å². The Bertz CT molecular complexity index is 567. The maximum atomic E-state index is 13.2. The maximum Gasteiger partial charge on any atom is 0.416 e. The second-order valence-electron chi connectivity index (χ2n) is 6.94. The summed E-state index contributed by atoms with van der Waals surface area (Å²) in [7, 11) is 0. The zero-order chi connectivity index (χ0) is 18.3. The first kappa shape index (κ1) is 20.5. The summed E-state index contributed by atoms with van der Waals surface area (Å²) in [6, 6.07) is 4.54. The number of hydrogen-bond acceptors (Lipinski definition) is 0. The lowest BCUT2D eigenvalue weighted by Crippen LogP contribution is -2.10. The zero-order valence-corrected chi connectivity index (χ0v) is 15.1. The van der Waals surface area contributed by atoms with E-state index in [1.165, 1.54) is 6.07 Å². The molecule has 0 saturated carbocycles. The van der Waals surface area contributed by atoms with E-state index in [-0.39, 0.29) is 0 Å². The lowest BCUT2D eigenvalue weighted by molar-refractivity contribution is -0.138. The Labute approximate surface area is 144 Å². The Morgan fingerprint density at radius 1 is 1.17 bits per heavy atom. The van der Waals surface area contributed by atoms with Gasteiger partial charge in [0.05, 0.1) is 5.56 Å². The van der Waals surface area contributed by atoms with Crippen LogP contribution in [-0.2, 0) is 12.6 Å². The molecule has 24 heavy (non-hydrogen) atoms. The first-order valence-electron chi connectivity index (χ1n) is 8.61. The van der Waals surface area contributed by atoms with Crippen LogP contribution in [0.4, 0.5) is 13.2 Å². The van der Waals surface area contributed by atoms with E-state index in [1.807, 2.05) is 6.92 Å². The number of benzene rings is 1. The predicted molar refractivity (Wildman–Crippen MR) is 96.1 cm³/mol. The largest absolute Gasteiger partial charge is 0.416 e. The van der Waals surface area contributed by atoms with Crippen LogP contribution in [0.15, 0.2) is 42.5 Å². The second-order valence-corrected chi connectivity index (χ2v) is 6.94. The molecule has 1 unspecified atom stereocenters. The Morgan fingerprint density at radius 2 is 1.83 bits per heavy atom. The summed E-state index contributed by atoms with van der Waals surface area (Å²) in [5, 5.41) is 0. The van der Waals surface area contributed by atoms with E-state index in [2.05, 4.69) is 20.1 Å². The molecule has 1 rings (SSSR count). The molecule has 0 aliphatic rings. The smallest absolute Gasteiger partial charge is 0.166 e. The predicted octanol–water partition coefficient (Wildman–Crippen LogP) is 7.28. The zero-order valence-electron chi connectivity index (χ0n) is 15.1. The van der Waals surface area contributed by atoms with Crippen molar-refractivity contribution in [3.8, 4) is 0 Å². The Kier molecular flexibility index (Phi) is 7.78. The van der Waals surface area contributed by atoms with Crippen molar-refractivity contribution in [2.75, 3.05) is 0 Å². The van der Waals surface area contributed by atoms with Crippen molar-refractivity contribution in [3.05, 3.63) is 59.2 Å². The number of aryl methyl sites for hydroxylation is 1. The van der Waals surface area contributed by atoms with E-state index >= 15 is 0 Å². The van der Waals surface area contributed by atoms with E-state index in [4.69, 9.17) is 0 Å². The molecule has 134 valence electrons. The minimum absolute atomic E-state index is 0.293. The molecule has 0 aromatic heterocycles. The van der Waals surface area contributed by atoms with Crippen LogP contribution in [0.1, 0.15) is 62.6 Å². The second kappa shape index (κ2) is 9.10. The molecule has 0 heterocycles. The summed E-state index contributed by atoms with van der Waals surface area (Å²) in [4.78, 5) is 0. The van der Waals surface area contributed by atoms with Crippen LogP contribution < -0.4 is 0 Å². The average Bonchev–Trinajstić information content (AvgIpc) is 2.45. The van der Waals surface area contributed by atoms with Gasteiger partial charge in [-0.3, -0.25) is 0 Å². The van der Waals surface area contributed by atoms with Crippen molar-refractivity contribution >= 4 is 0 Å². The number of alkyl halides is 3. The van der Waals surface area contributed by atoms with Crippen molar-refractivity contribution in [1.29, 1.82) is 0 Å². The fourth-order valence-electron chi connectivity index (χ4n) is 3.12. The molecule has 0 aliphatic heterocycles. The van der Waals surface area contributed by atoms with Gasteiger partial charge in [0, 0.05) is 0 Å². The van der Waals surface area contributed by atoms with Gasteiger partial charge in [0.15, 0.2) is 0 Å². The van der Waals surface area contributed by atoms with Crippen LogP contribution in [0.3, 0.4) is 0 Å². The SMILES string of the molecule is C=C(C)CC(CCC)CCC(=C)Cc1ccc(C)cc1C(F)(F)F.